The SMILES string of the molecule is COC[C@@H]1CCCN1C[C@H]1O[C@@H](c2ccc(-c3cccc(CNC(C)=O)c3)cc2)O[C@@H](c2ccc(CO)cc2)[C@H]1C. The number of aliphatic hydroxyl groups excluding tert-OH is 1. The first-order valence-electron chi connectivity index (χ1n) is 14.6. The predicted octanol–water partition coefficient (Wildman–Crippen LogP) is 5.38. The van der Waals surface area contributed by atoms with Crippen LogP contribution in [-0.2, 0) is 32.2 Å². The van der Waals surface area contributed by atoms with Gasteiger partial charge in [-0.2, -0.15) is 0 Å². The van der Waals surface area contributed by atoms with Crippen LogP contribution in [0.15, 0.2) is 72.8 Å². The van der Waals surface area contributed by atoms with Gasteiger partial charge in [0, 0.05) is 44.6 Å². The van der Waals surface area contributed by atoms with Crippen molar-refractivity contribution < 1.29 is 24.1 Å². The minimum absolute atomic E-state index is 0.0149. The van der Waals surface area contributed by atoms with Gasteiger partial charge in [0.05, 0.1) is 25.4 Å². The van der Waals surface area contributed by atoms with E-state index in [1.807, 2.05) is 24.3 Å². The molecule has 7 nitrogen and oxygen atoms in total. The molecule has 0 radical (unpaired) electrons. The molecule has 1 amide bonds. The number of benzene rings is 3. The quantitative estimate of drug-likeness (QED) is 0.348. The molecule has 2 saturated heterocycles. The van der Waals surface area contributed by atoms with Crippen molar-refractivity contribution in [3.05, 3.63) is 95.1 Å². The van der Waals surface area contributed by atoms with Crippen molar-refractivity contribution in [1.29, 1.82) is 0 Å². The maximum absolute atomic E-state index is 11.3. The topological polar surface area (TPSA) is 80.3 Å². The van der Waals surface area contributed by atoms with E-state index in [0.29, 0.717) is 12.6 Å². The molecule has 0 unspecified atom stereocenters. The third kappa shape index (κ3) is 7.23. The Balaban J connectivity index is 1.37. The zero-order chi connectivity index (χ0) is 28.8. The van der Waals surface area contributed by atoms with Crippen LogP contribution in [0.1, 0.15) is 61.3 Å². The van der Waals surface area contributed by atoms with Gasteiger partial charge < -0.3 is 24.6 Å². The summed E-state index contributed by atoms with van der Waals surface area (Å²) in [4.78, 5) is 13.8. The van der Waals surface area contributed by atoms with Crippen LogP contribution in [0, 0.1) is 5.92 Å². The Morgan fingerprint density at radius 3 is 2.46 bits per heavy atom. The highest BCUT2D eigenvalue weighted by Crippen LogP contribution is 2.42. The van der Waals surface area contributed by atoms with Crippen molar-refractivity contribution >= 4 is 5.91 Å². The average Bonchev–Trinajstić information content (AvgIpc) is 3.44. The zero-order valence-electron chi connectivity index (χ0n) is 24.3. The molecule has 0 spiro atoms. The molecule has 0 saturated carbocycles. The summed E-state index contributed by atoms with van der Waals surface area (Å²) in [5.41, 5.74) is 6.20. The van der Waals surface area contributed by atoms with E-state index in [2.05, 4.69) is 65.7 Å². The van der Waals surface area contributed by atoms with Gasteiger partial charge in [0.1, 0.15) is 0 Å². The fourth-order valence-electron chi connectivity index (χ4n) is 6.00. The van der Waals surface area contributed by atoms with Crippen LogP contribution in [0.5, 0.6) is 0 Å². The van der Waals surface area contributed by atoms with Crippen molar-refractivity contribution in [2.24, 2.45) is 5.92 Å². The third-order valence-corrected chi connectivity index (χ3v) is 8.38. The lowest BCUT2D eigenvalue weighted by Gasteiger charge is -2.43. The summed E-state index contributed by atoms with van der Waals surface area (Å²) in [6, 6.07) is 25.1. The molecule has 5 atom stereocenters. The fourth-order valence-corrected chi connectivity index (χ4v) is 6.00. The summed E-state index contributed by atoms with van der Waals surface area (Å²) in [7, 11) is 1.77. The molecule has 2 fully saturated rings. The number of ether oxygens (including phenoxy) is 3. The molecule has 41 heavy (non-hydrogen) atoms. The maximum atomic E-state index is 11.3. The second kappa shape index (κ2) is 13.7. The summed E-state index contributed by atoms with van der Waals surface area (Å²) in [6.07, 6.45) is 1.67. The molecule has 5 rings (SSSR count). The molecule has 2 aliphatic heterocycles. The third-order valence-electron chi connectivity index (χ3n) is 8.38. The highest BCUT2D eigenvalue weighted by molar-refractivity contribution is 5.73. The first-order chi connectivity index (χ1) is 19.9. The van der Waals surface area contributed by atoms with Gasteiger partial charge in [-0.25, -0.2) is 0 Å². The van der Waals surface area contributed by atoms with E-state index >= 15 is 0 Å². The van der Waals surface area contributed by atoms with Crippen molar-refractivity contribution in [3.63, 3.8) is 0 Å². The van der Waals surface area contributed by atoms with Crippen LogP contribution in [0.3, 0.4) is 0 Å². The lowest BCUT2D eigenvalue weighted by molar-refractivity contribution is -0.276. The maximum Gasteiger partial charge on any atom is 0.217 e. The highest BCUT2D eigenvalue weighted by Gasteiger charge is 2.40. The van der Waals surface area contributed by atoms with Crippen LogP contribution in [-0.4, -0.2) is 54.9 Å². The number of carbonyl (C=O) groups is 1. The summed E-state index contributed by atoms with van der Waals surface area (Å²) in [5, 5.41) is 12.4. The van der Waals surface area contributed by atoms with Gasteiger partial charge >= 0.3 is 0 Å². The minimum Gasteiger partial charge on any atom is -0.392 e. The number of rotatable bonds is 10. The molecule has 218 valence electrons. The molecule has 2 aliphatic rings. The molecule has 0 bridgehead atoms. The fraction of sp³-hybridized carbons (Fsp3) is 0.441. The summed E-state index contributed by atoms with van der Waals surface area (Å²) in [6.45, 7) is 6.89. The number of nitrogens with zero attached hydrogens (tertiary/aromatic N) is 1. The molecule has 0 aromatic heterocycles. The van der Waals surface area contributed by atoms with Gasteiger partial charge in [-0.15, -0.1) is 0 Å². The lowest BCUT2D eigenvalue weighted by atomic mass is 9.89. The summed E-state index contributed by atoms with van der Waals surface area (Å²) < 4.78 is 18.9. The largest absolute Gasteiger partial charge is 0.392 e. The Hall–Kier alpha value is -3.07. The molecular formula is C34H42N2O5. The van der Waals surface area contributed by atoms with E-state index in [4.69, 9.17) is 14.2 Å². The standard InChI is InChI=1S/C34H42N2O5/c1-23-32(20-36-17-5-8-31(36)22-39-3)40-34(41-33(23)28-11-9-25(21-37)10-12-28)29-15-13-27(14-16-29)30-7-4-6-26(18-30)19-35-24(2)38/h4,6-7,9-16,18,23,31-34,37H,5,8,17,19-22H2,1-3H3,(H,35,38)/t23-,31-,32+,33+,34+/m0/s1. The Bertz CT molecular complexity index is 1280. The second-order valence-corrected chi connectivity index (χ2v) is 11.3. The van der Waals surface area contributed by atoms with E-state index in [1.165, 1.54) is 13.3 Å². The normalized spacial score (nSPS) is 24.8. The van der Waals surface area contributed by atoms with Crippen molar-refractivity contribution in [3.8, 4) is 11.1 Å². The number of carbonyl (C=O) groups excluding carboxylic acids is 1. The first-order valence-corrected chi connectivity index (χ1v) is 14.6. The molecule has 3 aromatic rings. The first kappa shape index (κ1) is 29.4. The van der Waals surface area contributed by atoms with E-state index < -0.39 is 6.29 Å². The van der Waals surface area contributed by atoms with Crippen LogP contribution >= 0.6 is 0 Å². The molecule has 7 heteroatoms. The number of likely N-dealkylation sites (tertiary alicyclic amines) is 1. The van der Waals surface area contributed by atoms with Gasteiger partial charge in [0.15, 0.2) is 6.29 Å². The molecular weight excluding hydrogens is 516 g/mol. The summed E-state index contributed by atoms with van der Waals surface area (Å²) in [5.74, 6) is 0.0992. The van der Waals surface area contributed by atoms with E-state index in [1.54, 1.807) is 7.11 Å². The highest BCUT2D eigenvalue weighted by atomic mass is 16.7. The van der Waals surface area contributed by atoms with E-state index in [0.717, 1.165) is 59.5 Å². The smallest absolute Gasteiger partial charge is 0.217 e. The van der Waals surface area contributed by atoms with Crippen LogP contribution < -0.4 is 5.32 Å². The molecule has 2 heterocycles. The second-order valence-electron chi connectivity index (χ2n) is 11.3. The van der Waals surface area contributed by atoms with Gasteiger partial charge in [0.2, 0.25) is 5.91 Å². The van der Waals surface area contributed by atoms with Crippen molar-refractivity contribution in [2.45, 2.75) is 64.4 Å². The predicted molar refractivity (Wildman–Crippen MR) is 159 cm³/mol. The minimum atomic E-state index is -0.498. The zero-order valence-corrected chi connectivity index (χ0v) is 24.3. The van der Waals surface area contributed by atoms with Gasteiger partial charge in [-0.3, -0.25) is 9.69 Å². The number of hydrogen-bond donors (Lipinski definition) is 2. The van der Waals surface area contributed by atoms with E-state index in [9.17, 15) is 9.90 Å². The number of hydrogen-bond acceptors (Lipinski definition) is 6. The van der Waals surface area contributed by atoms with Crippen LogP contribution in [0.2, 0.25) is 0 Å². The van der Waals surface area contributed by atoms with Crippen molar-refractivity contribution in [2.75, 3.05) is 26.8 Å². The van der Waals surface area contributed by atoms with Gasteiger partial charge in [-0.05, 0) is 53.3 Å². The number of amides is 1. The number of nitrogens with one attached hydrogen (secondary N) is 1. The Morgan fingerprint density at radius 2 is 1.76 bits per heavy atom. The Labute approximate surface area is 243 Å². The Kier molecular flexibility index (Phi) is 9.85. The monoisotopic (exact) mass is 558 g/mol. The van der Waals surface area contributed by atoms with Crippen LogP contribution in [0.4, 0.5) is 0 Å². The van der Waals surface area contributed by atoms with Crippen LogP contribution in [0.25, 0.3) is 11.1 Å². The van der Waals surface area contributed by atoms with Crippen molar-refractivity contribution in [1.82, 2.24) is 10.2 Å². The molecule has 2 N–H and O–H groups in total. The lowest BCUT2D eigenvalue weighted by Crippen LogP contribution is -2.46. The number of methoxy groups -OCH3 is 1. The van der Waals surface area contributed by atoms with Gasteiger partial charge in [0.25, 0.3) is 0 Å². The Morgan fingerprint density at radius 1 is 1.00 bits per heavy atom. The van der Waals surface area contributed by atoms with E-state index in [-0.39, 0.29) is 30.6 Å². The van der Waals surface area contributed by atoms with Gasteiger partial charge in [-0.1, -0.05) is 73.7 Å². The molecule has 3 aromatic carbocycles. The average molecular weight is 559 g/mol. The summed E-state index contributed by atoms with van der Waals surface area (Å²) >= 11 is 0. The molecule has 0 aliphatic carbocycles. The number of aliphatic hydroxyl groups is 1.